The van der Waals surface area contributed by atoms with Crippen LogP contribution in [0.25, 0.3) is 0 Å². The average molecular weight is 279 g/mol. The van der Waals surface area contributed by atoms with Crippen LogP contribution in [0, 0.1) is 5.82 Å². The van der Waals surface area contributed by atoms with E-state index in [-0.39, 0.29) is 11.9 Å². The predicted octanol–water partition coefficient (Wildman–Crippen LogP) is 3.79. The molecule has 4 heteroatoms. The van der Waals surface area contributed by atoms with Crippen molar-refractivity contribution in [2.45, 2.75) is 18.9 Å². The van der Waals surface area contributed by atoms with Gasteiger partial charge in [-0.1, -0.05) is 6.07 Å². The Labute approximate surface area is 117 Å². The lowest BCUT2D eigenvalue weighted by Crippen LogP contribution is -2.17. The molecule has 0 radical (unpaired) electrons. The molecule has 1 atom stereocenters. The van der Waals surface area contributed by atoms with Crippen LogP contribution in [0.5, 0.6) is 5.75 Å². The van der Waals surface area contributed by atoms with Crippen LogP contribution in [-0.4, -0.2) is 14.2 Å². The summed E-state index contributed by atoms with van der Waals surface area (Å²) in [6.07, 6.45) is 1.98. The summed E-state index contributed by atoms with van der Waals surface area (Å²) in [5.74, 6) is -0.0211. The second kappa shape index (κ2) is 6.68. The highest BCUT2D eigenvalue weighted by molar-refractivity contribution is 7.07. The molecule has 0 aliphatic carbocycles. The Bertz CT molecular complexity index is 513. The SMILES string of the molecule is CNC(CCc1ccsc1)c1ccc(F)c(OC)c1. The van der Waals surface area contributed by atoms with Gasteiger partial charge in [0.05, 0.1) is 7.11 Å². The van der Waals surface area contributed by atoms with E-state index in [0.717, 1.165) is 18.4 Å². The summed E-state index contributed by atoms with van der Waals surface area (Å²) >= 11 is 1.71. The van der Waals surface area contributed by atoms with Crippen LogP contribution in [0.1, 0.15) is 23.6 Å². The fraction of sp³-hybridized carbons (Fsp3) is 0.333. The van der Waals surface area contributed by atoms with Gasteiger partial charge >= 0.3 is 0 Å². The number of halogens is 1. The van der Waals surface area contributed by atoms with Crippen molar-refractivity contribution < 1.29 is 9.13 Å². The minimum atomic E-state index is -0.320. The lowest BCUT2D eigenvalue weighted by molar-refractivity contribution is 0.384. The first-order valence-corrected chi connectivity index (χ1v) is 7.20. The standard InChI is InChI=1S/C15H18FNOS/c1-17-14(6-3-11-7-8-19-10-11)12-4-5-13(16)15(9-12)18-2/h4-5,7-10,14,17H,3,6H2,1-2H3. The normalized spacial score (nSPS) is 12.4. The van der Waals surface area contributed by atoms with Crippen LogP contribution in [0.4, 0.5) is 4.39 Å². The number of nitrogens with one attached hydrogen (secondary N) is 1. The molecule has 2 rings (SSSR count). The molecule has 0 spiro atoms. The van der Waals surface area contributed by atoms with Crippen LogP contribution in [0.2, 0.25) is 0 Å². The Morgan fingerprint density at radius 3 is 2.84 bits per heavy atom. The van der Waals surface area contributed by atoms with Gasteiger partial charge in [0, 0.05) is 6.04 Å². The summed E-state index contributed by atoms with van der Waals surface area (Å²) in [5.41, 5.74) is 2.40. The Hall–Kier alpha value is -1.39. The van der Waals surface area contributed by atoms with Crippen molar-refractivity contribution in [3.05, 3.63) is 52.0 Å². The number of rotatable bonds is 6. The summed E-state index contributed by atoms with van der Waals surface area (Å²) in [5, 5.41) is 7.53. The van der Waals surface area contributed by atoms with Gasteiger partial charge in [0.2, 0.25) is 0 Å². The van der Waals surface area contributed by atoms with Gasteiger partial charge in [-0.25, -0.2) is 4.39 Å². The van der Waals surface area contributed by atoms with Gasteiger partial charge in [-0.05, 0) is 60.0 Å². The number of aryl methyl sites for hydroxylation is 1. The Morgan fingerprint density at radius 1 is 1.37 bits per heavy atom. The zero-order valence-corrected chi connectivity index (χ0v) is 12.0. The molecule has 1 aromatic carbocycles. The molecular formula is C15H18FNOS. The van der Waals surface area contributed by atoms with E-state index < -0.39 is 0 Å². The number of thiophene rings is 1. The van der Waals surface area contributed by atoms with Gasteiger partial charge in [0.15, 0.2) is 11.6 Å². The summed E-state index contributed by atoms with van der Waals surface area (Å²) in [7, 11) is 3.41. The summed E-state index contributed by atoms with van der Waals surface area (Å²) in [6, 6.07) is 7.39. The maximum Gasteiger partial charge on any atom is 0.165 e. The van der Waals surface area contributed by atoms with Crippen molar-refractivity contribution in [1.82, 2.24) is 5.32 Å². The molecule has 19 heavy (non-hydrogen) atoms. The van der Waals surface area contributed by atoms with E-state index in [1.54, 1.807) is 17.4 Å². The molecule has 0 fully saturated rings. The lowest BCUT2D eigenvalue weighted by Gasteiger charge is -2.17. The highest BCUT2D eigenvalue weighted by Gasteiger charge is 2.12. The van der Waals surface area contributed by atoms with Crippen LogP contribution < -0.4 is 10.1 Å². The Morgan fingerprint density at radius 2 is 2.21 bits per heavy atom. The van der Waals surface area contributed by atoms with E-state index in [1.807, 2.05) is 13.1 Å². The number of hydrogen-bond acceptors (Lipinski definition) is 3. The molecule has 2 nitrogen and oxygen atoms in total. The quantitative estimate of drug-likeness (QED) is 0.868. The molecule has 0 bridgehead atoms. The average Bonchev–Trinajstić information content (AvgIpc) is 2.94. The third-order valence-corrected chi connectivity index (χ3v) is 3.96. The Balaban J connectivity index is 2.08. The van der Waals surface area contributed by atoms with Gasteiger partial charge < -0.3 is 10.1 Å². The molecule has 2 aromatic rings. The van der Waals surface area contributed by atoms with Crippen molar-refractivity contribution in [3.63, 3.8) is 0 Å². The molecule has 0 saturated heterocycles. The first-order chi connectivity index (χ1) is 9.24. The molecule has 0 aliphatic heterocycles. The molecular weight excluding hydrogens is 261 g/mol. The van der Waals surface area contributed by atoms with Crippen LogP contribution in [0.15, 0.2) is 35.0 Å². The van der Waals surface area contributed by atoms with Crippen LogP contribution >= 0.6 is 11.3 Å². The van der Waals surface area contributed by atoms with Crippen molar-refractivity contribution in [2.75, 3.05) is 14.2 Å². The third kappa shape index (κ3) is 3.55. The fourth-order valence-corrected chi connectivity index (χ4v) is 2.82. The minimum Gasteiger partial charge on any atom is -0.494 e. The second-order valence-electron chi connectivity index (χ2n) is 4.41. The van der Waals surface area contributed by atoms with Gasteiger partial charge in [-0.3, -0.25) is 0 Å². The van der Waals surface area contributed by atoms with Crippen molar-refractivity contribution >= 4 is 11.3 Å². The first-order valence-electron chi connectivity index (χ1n) is 6.26. The zero-order chi connectivity index (χ0) is 13.7. The second-order valence-corrected chi connectivity index (χ2v) is 5.19. The smallest absolute Gasteiger partial charge is 0.165 e. The maximum absolute atomic E-state index is 13.4. The van der Waals surface area contributed by atoms with Crippen molar-refractivity contribution in [3.8, 4) is 5.75 Å². The largest absolute Gasteiger partial charge is 0.494 e. The van der Waals surface area contributed by atoms with Gasteiger partial charge in [-0.2, -0.15) is 11.3 Å². The zero-order valence-electron chi connectivity index (χ0n) is 11.2. The highest BCUT2D eigenvalue weighted by atomic mass is 32.1. The molecule has 1 aromatic heterocycles. The predicted molar refractivity (Wildman–Crippen MR) is 77.4 cm³/mol. The maximum atomic E-state index is 13.4. The van der Waals surface area contributed by atoms with Gasteiger partial charge in [-0.15, -0.1) is 0 Å². The Kier molecular flexibility index (Phi) is 4.93. The van der Waals surface area contributed by atoms with Crippen LogP contribution in [0.3, 0.4) is 0 Å². The van der Waals surface area contributed by atoms with E-state index >= 15 is 0 Å². The van der Waals surface area contributed by atoms with E-state index in [4.69, 9.17) is 4.74 Å². The minimum absolute atomic E-state index is 0.203. The summed E-state index contributed by atoms with van der Waals surface area (Å²) in [6.45, 7) is 0. The van der Waals surface area contributed by atoms with Crippen molar-refractivity contribution in [1.29, 1.82) is 0 Å². The highest BCUT2D eigenvalue weighted by Crippen LogP contribution is 2.25. The van der Waals surface area contributed by atoms with Gasteiger partial charge in [0.25, 0.3) is 0 Å². The van der Waals surface area contributed by atoms with Gasteiger partial charge in [0.1, 0.15) is 0 Å². The molecule has 1 N–H and O–H groups in total. The number of hydrogen-bond donors (Lipinski definition) is 1. The fourth-order valence-electron chi connectivity index (χ4n) is 2.12. The monoisotopic (exact) mass is 279 g/mol. The molecule has 1 unspecified atom stereocenters. The van der Waals surface area contributed by atoms with E-state index in [9.17, 15) is 4.39 Å². The number of benzene rings is 1. The number of methoxy groups -OCH3 is 1. The molecule has 0 aliphatic rings. The summed E-state index contributed by atoms with van der Waals surface area (Å²) in [4.78, 5) is 0. The van der Waals surface area contributed by atoms with Crippen molar-refractivity contribution in [2.24, 2.45) is 0 Å². The number of ether oxygens (including phenoxy) is 1. The first kappa shape index (κ1) is 14.0. The van der Waals surface area contributed by atoms with E-state index in [0.29, 0.717) is 5.75 Å². The lowest BCUT2D eigenvalue weighted by atomic mass is 10.00. The topological polar surface area (TPSA) is 21.3 Å². The third-order valence-electron chi connectivity index (χ3n) is 3.23. The molecule has 0 saturated carbocycles. The van der Waals surface area contributed by atoms with E-state index in [2.05, 4.69) is 22.1 Å². The van der Waals surface area contributed by atoms with E-state index in [1.165, 1.54) is 18.7 Å². The summed E-state index contributed by atoms with van der Waals surface area (Å²) < 4.78 is 18.4. The molecule has 1 heterocycles. The molecule has 0 amide bonds. The van der Waals surface area contributed by atoms with Crippen LogP contribution in [-0.2, 0) is 6.42 Å². The molecule has 102 valence electrons.